The summed E-state index contributed by atoms with van der Waals surface area (Å²) in [7, 11) is 0. The Morgan fingerprint density at radius 3 is 2.17 bits per heavy atom. The second-order valence-corrected chi connectivity index (χ2v) is 8.67. The van der Waals surface area contributed by atoms with Gasteiger partial charge in [-0.2, -0.15) is 0 Å². The van der Waals surface area contributed by atoms with Crippen LogP contribution in [0.4, 0.5) is 0 Å². The van der Waals surface area contributed by atoms with Gasteiger partial charge in [-0.15, -0.1) is 0 Å². The maximum Gasteiger partial charge on any atom is 0.312 e. The van der Waals surface area contributed by atoms with Gasteiger partial charge < -0.3 is 9.64 Å². The van der Waals surface area contributed by atoms with Crippen molar-refractivity contribution in [1.82, 2.24) is 10.2 Å². The molecule has 35 heavy (non-hydrogen) atoms. The highest BCUT2D eigenvalue weighted by Gasteiger charge is 2.46. The fourth-order valence-electron chi connectivity index (χ4n) is 4.56. The number of nitrogens with zero attached hydrogens (tertiary/aromatic N) is 1. The van der Waals surface area contributed by atoms with E-state index in [4.69, 9.17) is 4.74 Å². The third kappa shape index (κ3) is 5.49. The van der Waals surface area contributed by atoms with E-state index in [0.29, 0.717) is 17.7 Å². The zero-order valence-electron chi connectivity index (χ0n) is 20.0. The summed E-state index contributed by atoms with van der Waals surface area (Å²) in [5.41, 5.74) is 3.20. The largest absolute Gasteiger partial charge is 0.466 e. The molecule has 0 bridgehead atoms. The van der Waals surface area contributed by atoms with Crippen molar-refractivity contribution in [3.63, 3.8) is 0 Å². The Labute approximate surface area is 205 Å². The van der Waals surface area contributed by atoms with E-state index in [1.807, 2.05) is 67.6 Å². The highest BCUT2D eigenvalue weighted by Crippen LogP contribution is 2.33. The normalized spacial score (nSPS) is 18.3. The van der Waals surface area contributed by atoms with Crippen LogP contribution in [0.5, 0.6) is 0 Å². The van der Waals surface area contributed by atoms with Crippen molar-refractivity contribution in [3.05, 3.63) is 107 Å². The number of carbonyl (C=O) groups excluding carboxylic acids is 3. The van der Waals surface area contributed by atoms with Gasteiger partial charge in [-0.3, -0.25) is 19.7 Å². The molecule has 0 aliphatic carbocycles. The van der Waals surface area contributed by atoms with Crippen molar-refractivity contribution in [2.45, 2.75) is 39.0 Å². The van der Waals surface area contributed by atoms with Crippen molar-refractivity contribution < 1.29 is 19.1 Å². The molecular weight excluding hydrogens is 440 g/mol. The van der Waals surface area contributed by atoms with Crippen LogP contribution >= 0.6 is 0 Å². The number of likely N-dealkylation sites (tertiary alicyclic amines) is 1. The summed E-state index contributed by atoms with van der Waals surface area (Å²) in [5.74, 6) is -1.07. The molecule has 0 spiro atoms. The standard InChI is InChI=1S/C29H30N2O4/c1-3-35-29(34)25-18-26(32)31(20(2)22-10-6-4-7-11-22)28(25)30-19-21-14-16-24(17-15-21)27(33)23-12-8-5-9-13-23/h4-17,20,25,28,30H,3,18-19H2,1-2H3/t20-,25+,28+/m1/s1. The Morgan fingerprint density at radius 2 is 1.54 bits per heavy atom. The lowest BCUT2D eigenvalue weighted by Crippen LogP contribution is -2.48. The molecule has 3 aromatic rings. The topological polar surface area (TPSA) is 75.7 Å². The molecule has 0 aromatic heterocycles. The Hall–Kier alpha value is -3.77. The number of esters is 1. The molecule has 1 aliphatic heterocycles. The zero-order valence-corrected chi connectivity index (χ0v) is 20.0. The SMILES string of the molecule is CCOC(=O)[C@H]1CC(=O)N([C@H](C)c2ccccc2)[C@@H]1NCc1ccc(C(=O)c2ccccc2)cc1. The van der Waals surface area contributed by atoms with Crippen molar-refractivity contribution in [2.24, 2.45) is 5.92 Å². The minimum atomic E-state index is -0.590. The van der Waals surface area contributed by atoms with E-state index in [1.165, 1.54) is 0 Å². The Bertz CT molecular complexity index is 1160. The van der Waals surface area contributed by atoms with Gasteiger partial charge in [-0.1, -0.05) is 84.9 Å². The maximum atomic E-state index is 13.0. The van der Waals surface area contributed by atoms with Gasteiger partial charge in [-0.05, 0) is 25.0 Å². The first-order valence-corrected chi connectivity index (χ1v) is 11.9. The highest BCUT2D eigenvalue weighted by atomic mass is 16.5. The molecule has 1 saturated heterocycles. The van der Waals surface area contributed by atoms with Gasteiger partial charge in [-0.25, -0.2) is 0 Å². The second kappa shape index (κ2) is 11.1. The van der Waals surface area contributed by atoms with Crippen LogP contribution in [0.25, 0.3) is 0 Å². The number of carbonyl (C=O) groups is 3. The average molecular weight is 471 g/mol. The van der Waals surface area contributed by atoms with E-state index in [1.54, 1.807) is 36.1 Å². The van der Waals surface area contributed by atoms with Crippen molar-refractivity contribution in [3.8, 4) is 0 Å². The third-order valence-electron chi connectivity index (χ3n) is 6.42. The molecule has 0 unspecified atom stereocenters. The van der Waals surface area contributed by atoms with Gasteiger partial charge >= 0.3 is 5.97 Å². The number of amides is 1. The van der Waals surface area contributed by atoms with Crippen LogP contribution in [-0.2, 0) is 20.9 Å². The van der Waals surface area contributed by atoms with Crippen LogP contribution in [0.15, 0.2) is 84.9 Å². The molecule has 6 nitrogen and oxygen atoms in total. The number of benzene rings is 3. The molecule has 1 heterocycles. The van der Waals surface area contributed by atoms with Crippen LogP contribution in [0.1, 0.15) is 53.4 Å². The highest BCUT2D eigenvalue weighted by molar-refractivity contribution is 6.08. The van der Waals surface area contributed by atoms with Crippen LogP contribution in [0, 0.1) is 5.92 Å². The first-order chi connectivity index (χ1) is 17.0. The van der Waals surface area contributed by atoms with Crippen molar-refractivity contribution in [1.29, 1.82) is 0 Å². The summed E-state index contributed by atoms with van der Waals surface area (Å²) >= 11 is 0. The molecular formula is C29H30N2O4. The maximum absolute atomic E-state index is 13.0. The predicted molar refractivity (Wildman–Crippen MR) is 133 cm³/mol. The molecule has 3 atom stereocenters. The third-order valence-corrected chi connectivity index (χ3v) is 6.42. The number of nitrogens with one attached hydrogen (secondary N) is 1. The quantitative estimate of drug-likeness (QED) is 0.368. The van der Waals surface area contributed by atoms with Gasteiger partial charge in [0.05, 0.1) is 24.7 Å². The van der Waals surface area contributed by atoms with E-state index in [-0.39, 0.29) is 36.7 Å². The minimum absolute atomic E-state index is 0.0308. The van der Waals surface area contributed by atoms with Gasteiger partial charge in [0.1, 0.15) is 0 Å². The number of rotatable bonds is 9. The van der Waals surface area contributed by atoms with Crippen molar-refractivity contribution in [2.75, 3.05) is 6.61 Å². The fraction of sp³-hybridized carbons (Fsp3) is 0.276. The monoisotopic (exact) mass is 470 g/mol. The Balaban J connectivity index is 1.51. The summed E-state index contributed by atoms with van der Waals surface area (Å²) in [6, 6.07) is 26.1. The number of hydrogen-bond acceptors (Lipinski definition) is 5. The number of hydrogen-bond donors (Lipinski definition) is 1. The first-order valence-electron chi connectivity index (χ1n) is 11.9. The minimum Gasteiger partial charge on any atom is -0.466 e. The van der Waals surface area contributed by atoms with E-state index < -0.39 is 12.1 Å². The molecule has 1 N–H and O–H groups in total. The molecule has 6 heteroatoms. The zero-order chi connectivity index (χ0) is 24.8. The number of ether oxygens (including phenoxy) is 1. The van der Waals surface area contributed by atoms with Gasteiger partial charge in [0, 0.05) is 24.1 Å². The van der Waals surface area contributed by atoms with Crippen LogP contribution < -0.4 is 5.32 Å². The molecule has 4 rings (SSSR count). The lowest BCUT2D eigenvalue weighted by molar-refractivity contribution is -0.149. The van der Waals surface area contributed by atoms with Crippen LogP contribution in [0.3, 0.4) is 0 Å². The molecule has 3 aromatic carbocycles. The summed E-state index contributed by atoms with van der Waals surface area (Å²) in [4.78, 5) is 40.2. The lowest BCUT2D eigenvalue weighted by atomic mass is 10.0. The van der Waals surface area contributed by atoms with Gasteiger partial charge in [0.2, 0.25) is 5.91 Å². The Morgan fingerprint density at radius 1 is 0.943 bits per heavy atom. The van der Waals surface area contributed by atoms with Crippen LogP contribution in [-0.4, -0.2) is 35.3 Å². The smallest absolute Gasteiger partial charge is 0.312 e. The average Bonchev–Trinajstić information content (AvgIpc) is 3.24. The summed E-state index contributed by atoms with van der Waals surface area (Å²) in [6.07, 6.45) is -0.388. The van der Waals surface area contributed by atoms with Crippen molar-refractivity contribution >= 4 is 17.7 Å². The first kappa shape index (κ1) is 24.4. The predicted octanol–water partition coefficient (Wildman–Crippen LogP) is 4.51. The van der Waals surface area contributed by atoms with Gasteiger partial charge in [0.25, 0.3) is 0 Å². The van der Waals surface area contributed by atoms with Gasteiger partial charge in [0.15, 0.2) is 5.78 Å². The molecule has 1 fully saturated rings. The summed E-state index contributed by atoms with van der Waals surface area (Å²) in [6.45, 7) is 4.44. The molecule has 1 aliphatic rings. The molecule has 0 radical (unpaired) electrons. The molecule has 180 valence electrons. The van der Waals surface area contributed by atoms with E-state index in [2.05, 4.69) is 5.32 Å². The fourth-order valence-corrected chi connectivity index (χ4v) is 4.56. The van der Waals surface area contributed by atoms with E-state index >= 15 is 0 Å². The second-order valence-electron chi connectivity index (χ2n) is 8.67. The van der Waals surface area contributed by atoms with E-state index in [0.717, 1.165) is 11.1 Å². The molecule has 0 saturated carbocycles. The summed E-state index contributed by atoms with van der Waals surface area (Å²) in [5, 5.41) is 3.42. The molecule has 1 amide bonds. The van der Waals surface area contributed by atoms with Crippen LogP contribution in [0.2, 0.25) is 0 Å². The lowest BCUT2D eigenvalue weighted by Gasteiger charge is -2.33. The number of ketones is 1. The summed E-state index contributed by atoms with van der Waals surface area (Å²) < 4.78 is 5.28. The Kier molecular flexibility index (Phi) is 7.73. The van der Waals surface area contributed by atoms with E-state index in [9.17, 15) is 14.4 Å².